The van der Waals surface area contributed by atoms with E-state index in [1.165, 1.54) is 10.4 Å². The van der Waals surface area contributed by atoms with Gasteiger partial charge in [0, 0.05) is 24.2 Å². The topological polar surface area (TPSA) is 52.6 Å². The first-order valence-corrected chi connectivity index (χ1v) is 9.06. The van der Waals surface area contributed by atoms with Crippen LogP contribution in [0.15, 0.2) is 41.5 Å². The zero-order valence-corrected chi connectivity index (χ0v) is 15.7. The molecule has 2 N–H and O–H groups in total. The highest BCUT2D eigenvalue weighted by Crippen LogP contribution is 2.16. The molecule has 0 fully saturated rings. The van der Waals surface area contributed by atoms with Crippen molar-refractivity contribution in [3.8, 4) is 0 Å². The second-order valence-electron chi connectivity index (χ2n) is 5.83. The van der Waals surface area contributed by atoms with Crippen molar-refractivity contribution >= 4 is 17.3 Å². The van der Waals surface area contributed by atoms with E-state index in [0.717, 1.165) is 24.1 Å². The summed E-state index contributed by atoms with van der Waals surface area (Å²) in [4.78, 5) is 12.4. The second kappa shape index (κ2) is 9.39. The van der Waals surface area contributed by atoms with E-state index in [-0.39, 0.29) is 6.04 Å². The van der Waals surface area contributed by atoms with Gasteiger partial charge in [-0.1, -0.05) is 30.3 Å². The van der Waals surface area contributed by atoms with Crippen LogP contribution in [0, 0.1) is 6.92 Å². The first kappa shape index (κ1) is 18.4. The molecule has 0 radical (unpaired) electrons. The summed E-state index contributed by atoms with van der Waals surface area (Å²) >= 11 is 1.69. The van der Waals surface area contributed by atoms with Gasteiger partial charge in [0.05, 0.1) is 12.6 Å². The quantitative estimate of drug-likeness (QED) is 0.598. The van der Waals surface area contributed by atoms with Crippen molar-refractivity contribution in [3.05, 3.63) is 52.0 Å². The number of aliphatic imine (C=N–C) groups is 1. The Morgan fingerprint density at radius 1 is 1.25 bits per heavy atom. The second-order valence-corrected chi connectivity index (χ2v) is 7.15. The number of nitrogens with one attached hydrogen (secondary N) is 2. The van der Waals surface area contributed by atoms with Crippen molar-refractivity contribution in [1.29, 1.82) is 0 Å². The monoisotopic (exact) mass is 345 g/mol. The van der Waals surface area contributed by atoms with Gasteiger partial charge in [-0.15, -0.1) is 11.3 Å². The molecule has 0 aliphatic heterocycles. The fourth-order valence-electron chi connectivity index (χ4n) is 2.43. The molecule has 0 saturated carbocycles. The number of guanidine groups is 1. The molecular weight excluding hydrogens is 318 g/mol. The van der Waals surface area contributed by atoms with E-state index in [1.54, 1.807) is 11.3 Å². The van der Waals surface area contributed by atoms with Crippen molar-refractivity contribution in [2.24, 2.45) is 4.99 Å². The van der Waals surface area contributed by atoms with Gasteiger partial charge >= 0.3 is 0 Å². The Morgan fingerprint density at radius 3 is 2.58 bits per heavy atom. The van der Waals surface area contributed by atoms with E-state index in [1.807, 2.05) is 12.3 Å². The third-order valence-electron chi connectivity index (χ3n) is 3.66. The fourth-order valence-corrected chi connectivity index (χ4v) is 3.14. The molecule has 0 aliphatic carbocycles. The molecule has 0 saturated heterocycles. The highest BCUT2D eigenvalue weighted by Gasteiger charge is 2.14. The normalized spacial score (nSPS) is 13.1. The van der Waals surface area contributed by atoms with Crippen LogP contribution in [0.5, 0.6) is 0 Å². The zero-order chi connectivity index (χ0) is 17.4. The minimum Gasteiger partial charge on any atom is -0.357 e. The van der Waals surface area contributed by atoms with Crippen LogP contribution >= 0.6 is 11.3 Å². The van der Waals surface area contributed by atoms with Crippen LogP contribution in [0.1, 0.15) is 28.4 Å². The van der Waals surface area contributed by atoms with Crippen LogP contribution in [0.4, 0.5) is 0 Å². The lowest BCUT2D eigenvalue weighted by Crippen LogP contribution is -2.41. The summed E-state index contributed by atoms with van der Waals surface area (Å²) in [6.45, 7) is 6.37. The summed E-state index contributed by atoms with van der Waals surface area (Å²) < 4.78 is 0. The number of hydrogen-bond donors (Lipinski definition) is 2. The summed E-state index contributed by atoms with van der Waals surface area (Å²) in [5.41, 5.74) is 1.29. The van der Waals surface area contributed by atoms with E-state index in [2.05, 4.69) is 77.7 Å². The van der Waals surface area contributed by atoms with E-state index in [0.29, 0.717) is 6.54 Å². The van der Waals surface area contributed by atoms with Crippen molar-refractivity contribution in [2.75, 3.05) is 27.2 Å². The number of aryl methyl sites for hydroxylation is 1. The van der Waals surface area contributed by atoms with Crippen LogP contribution < -0.4 is 10.6 Å². The van der Waals surface area contributed by atoms with Gasteiger partial charge in [0.25, 0.3) is 0 Å². The molecule has 130 valence electrons. The van der Waals surface area contributed by atoms with Crippen molar-refractivity contribution < 1.29 is 0 Å². The average molecular weight is 346 g/mol. The van der Waals surface area contributed by atoms with Gasteiger partial charge < -0.3 is 15.5 Å². The number of nitrogens with zero attached hydrogens (tertiary/aromatic N) is 3. The third kappa shape index (κ3) is 5.62. The molecule has 1 aromatic carbocycles. The lowest BCUT2D eigenvalue weighted by atomic mass is 10.1. The number of thiazole rings is 1. The first-order valence-electron chi connectivity index (χ1n) is 8.25. The number of rotatable bonds is 7. The Kier molecular flexibility index (Phi) is 7.21. The van der Waals surface area contributed by atoms with Gasteiger partial charge in [0.1, 0.15) is 5.01 Å². The van der Waals surface area contributed by atoms with E-state index in [9.17, 15) is 0 Å². The van der Waals surface area contributed by atoms with E-state index < -0.39 is 0 Å². The molecule has 1 aromatic heterocycles. The Hall–Kier alpha value is -1.92. The van der Waals surface area contributed by atoms with Gasteiger partial charge in [-0.05, 0) is 33.5 Å². The van der Waals surface area contributed by atoms with Crippen LogP contribution in [-0.4, -0.2) is 43.0 Å². The number of likely N-dealkylation sites (N-methyl/N-ethyl adjacent to an activating group) is 1. The van der Waals surface area contributed by atoms with Gasteiger partial charge in [0.2, 0.25) is 0 Å². The lowest BCUT2D eigenvalue weighted by Gasteiger charge is -2.26. The minimum absolute atomic E-state index is 0.289. The highest BCUT2D eigenvalue weighted by molar-refractivity contribution is 7.11. The number of benzene rings is 1. The maximum absolute atomic E-state index is 4.65. The number of aromatic nitrogens is 1. The fraction of sp³-hybridized carbons (Fsp3) is 0.444. The highest BCUT2D eigenvalue weighted by atomic mass is 32.1. The predicted molar refractivity (Wildman–Crippen MR) is 103 cm³/mol. The van der Waals surface area contributed by atoms with Crippen LogP contribution in [0.25, 0.3) is 0 Å². The van der Waals surface area contributed by atoms with Gasteiger partial charge in [0.15, 0.2) is 5.96 Å². The van der Waals surface area contributed by atoms with E-state index in [4.69, 9.17) is 0 Å². The zero-order valence-electron chi connectivity index (χ0n) is 14.9. The molecule has 6 heteroatoms. The van der Waals surface area contributed by atoms with Gasteiger partial charge in [-0.3, -0.25) is 0 Å². The average Bonchev–Trinajstić information content (AvgIpc) is 2.99. The molecule has 0 bridgehead atoms. The Labute approximate surface area is 148 Å². The summed E-state index contributed by atoms with van der Waals surface area (Å²) in [6, 6.07) is 10.8. The molecule has 1 atom stereocenters. The molecule has 2 rings (SSSR count). The molecule has 2 aromatic rings. The molecular formula is C18H27N5S. The van der Waals surface area contributed by atoms with Crippen LogP contribution in [-0.2, 0) is 6.54 Å². The largest absolute Gasteiger partial charge is 0.357 e. The van der Waals surface area contributed by atoms with Gasteiger partial charge in [-0.2, -0.15) is 0 Å². The van der Waals surface area contributed by atoms with Crippen molar-refractivity contribution in [2.45, 2.75) is 26.4 Å². The Balaban J connectivity index is 2.00. The molecule has 0 amide bonds. The molecule has 0 spiro atoms. The van der Waals surface area contributed by atoms with Crippen molar-refractivity contribution in [3.63, 3.8) is 0 Å². The molecule has 0 aliphatic rings. The Morgan fingerprint density at radius 2 is 2.00 bits per heavy atom. The molecule has 5 nitrogen and oxygen atoms in total. The van der Waals surface area contributed by atoms with Gasteiger partial charge in [-0.25, -0.2) is 9.98 Å². The van der Waals surface area contributed by atoms with Crippen LogP contribution in [0.2, 0.25) is 0 Å². The standard InChI is InChI=1S/C18H27N5S/c1-5-19-18(22-13-17-20-11-14(2)24-17)21-12-16(23(3)4)15-9-7-6-8-10-15/h6-11,16H,5,12-13H2,1-4H3,(H2,19,21,22). The molecule has 24 heavy (non-hydrogen) atoms. The predicted octanol–water partition coefficient (Wildman–Crippen LogP) is 2.81. The Bertz CT molecular complexity index is 636. The lowest BCUT2D eigenvalue weighted by molar-refractivity contribution is 0.298. The summed E-state index contributed by atoms with van der Waals surface area (Å²) in [5.74, 6) is 0.827. The molecule has 1 unspecified atom stereocenters. The first-order chi connectivity index (χ1) is 11.6. The van der Waals surface area contributed by atoms with E-state index >= 15 is 0 Å². The maximum Gasteiger partial charge on any atom is 0.191 e. The SMILES string of the molecule is CCNC(=NCc1ncc(C)s1)NCC(c1ccccc1)N(C)C. The van der Waals surface area contributed by atoms with Crippen molar-refractivity contribution in [1.82, 2.24) is 20.5 Å². The molecule has 1 heterocycles. The summed E-state index contributed by atoms with van der Waals surface area (Å²) in [6.07, 6.45) is 1.90. The van der Waals surface area contributed by atoms with Crippen LogP contribution in [0.3, 0.4) is 0 Å². The third-order valence-corrected chi connectivity index (χ3v) is 4.55. The summed E-state index contributed by atoms with van der Waals surface area (Å²) in [7, 11) is 4.20. The minimum atomic E-state index is 0.289. The summed E-state index contributed by atoms with van der Waals surface area (Å²) in [5, 5.41) is 7.79. The number of hydrogen-bond acceptors (Lipinski definition) is 4. The smallest absolute Gasteiger partial charge is 0.191 e. The maximum atomic E-state index is 4.65.